The van der Waals surface area contributed by atoms with Crippen molar-refractivity contribution in [2.45, 2.75) is 25.4 Å². The average Bonchev–Trinajstić information content (AvgIpc) is 2.95. The van der Waals surface area contributed by atoms with Gasteiger partial charge in [-0.25, -0.2) is 4.98 Å². The van der Waals surface area contributed by atoms with Gasteiger partial charge in [-0.1, -0.05) is 18.7 Å². The summed E-state index contributed by atoms with van der Waals surface area (Å²) in [6.07, 6.45) is 2.01. The van der Waals surface area contributed by atoms with Gasteiger partial charge in [-0.05, 0) is 13.5 Å². The second-order valence-electron chi connectivity index (χ2n) is 3.79. The highest BCUT2D eigenvalue weighted by atomic mass is 32.2. The number of imidazole rings is 1. The number of nitrogens with one attached hydrogen (secondary N) is 1. The monoisotopic (exact) mass is 299 g/mol. The van der Waals surface area contributed by atoms with Crippen LogP contribution in [0.2, 0.25) is 0 Å². The minimum absolute atomic E-state index is 0.196. The Balaban J connectivity index is 2.11. The lowest BCUT2D eigenvalue weighted by atomic mass is 10.4. The van der Waals surface area contributed by atoms with Gasteiger partial charge in [0.1, 0.15) is 5.03 Å². The molecule has 0 aliphatic heterocycles. The van der Waals surface area contributed by atoms with Crippen molar-refractivity contribution in [3.05, 3.63) is 17.3 Å². The molecule has 0 amide bonds. The Labute approximate surface area is 120 Å². The standard InChI is InChI=1S/C12H17N3O2S2/c1-3-13-7-9-11(19-8-10(16)17-4-2)14-12-15(9)5-6-18-12/h5-6,13H,3-4,7-8H2,1-2H3. The van der Waals surface area contributed by atoms with Gasteiger partial charge in [0.15, 0.2) is 4.96 Å². The normalized spacial score (nSPS) is 11.1. The van der Waals surface area contributed by atoms with Gasteiger partial charge in [0.2, 0.25) is 0 Å². The first-order valence-electron chi connectivity index (χ1n) is 6.19. The molecule has 0 spiro atoms. The average molecular weight is 299 g/mol. The second kappa shape index (κ2) is 6.93. The van der Waals surface area contributed by atoms with Crippen molar-refractivity contribution in [3.8, 4) is 0 Å². The molecule has 1 N–H and O–H groups in total. The molecule has 0 atom stereocenters. The molecule has 5 nitrogen and oxygen atoms in total. The van der Waals surface area contributed by atoms with Crippen molar-refractivity contribution >= 4 is 34.0 Å². The molecule has 0 fully saturated rings. The zero-order chi connectivity index (χ0) is 13.7. The molecule has 104 valence electrons. The van der Waals surface area contributed by atoms with Crippen LogP contribution in [0.5, 0.6) is 0 Å². The van der Waals surface area contributed by atoms with Gasteiger partial charge in [-0.3, -0.25) is 9.20 Å². The van der Waals surface area contributed by atoms with E-state index in [0.29, 0.717) is 12.4 Å². The minimum Gasteiger partial charge on any atom is -0.465 e. The predicted octanol–water partition coefficient (Wildman–Crippen LogP) is 2.16. The summed E-state index contributed by atoms with van der Waals surface area (Å²) in [6.45, 7) is 5.95. The lowest BCUT2D eigenvalue weighted by Gasteiger charge is -2.04. The maximum Gasteiger partial charge on any atom is 0.316 e. The first kappa shape index (κ1) is 14.4. The van der Waals surface area contributed by atoms with E-state index in [1.807, 2.05) is 18.5 Å². The van der Waals surface area contributed by atoms with Crippen LogP contribution in [0.4, 0.5) is 0 Å². The van der Waals surface area contributed by atoms with Crippen LogP contribution in [-0.2, 0) is 16.1 Å². The Morgan fingerprint density at radius 3 is 3.16 bits per heavy atom. The van der Waals surface area contributed by atoms with Crippen molar-refractivity contribution in [1.82, 2.24) is 14.7 Å². The van der Waals surface area contributed by atoms with Crippen molar-refractivity contribution < 1.29 is 9.53 Å². The number of nitrogens with zero attached hydrogens (tertiary/aromatic N) is 2. The molecule has 2 rings (SSSR count). The summed E-state index contributed by atoms with van der Waals surface area (Å²) in [7, 11) is 0. The van der Waals surface area contributed by atoms with Crippen molar-refractivity contribution in [3.63, 3.8) is 0 Å². The van der Waals surface area contributed by atoms with E-state index in [-0.39, 0.29) is 5.97 Å². The zero-order valence-corrected chi connectivity index (χ0v) is 12.6. The van der Waals surface area contributed by atoms with Crippen LogP contribution in [0.3, 0.4) is 0 Å². The lowest BCUT2D eigenvalue weighted by Crippen LogP contribution is -2.14. The Morgan fingerprint density at radius 1 is 1.58 bits per heavy atom. The van der Waals surface area contributed by atoms with Crippen LogP contribution in [0.15, 0.2) is 16.6 Å². The molecule has 2 aromatic rings. The van der Waals surface area contributed by atoms with E-state index in [1.165, 1.54) is 11.8 Å². The van der Waals surface area contributed by atoms with Gasteiger partial charge in [-0.2, -0.15) is 0 Å². The molecule has 0 bridgehead atoms. The van der Waals surface area contributed by atoms with E-state index >= 15 is 0 Å². The number of carbonyl (C=O) groups is 1. The number of ether oxygens (including phenoxy) is 1. The summed E-state index contributed by atoms with van der Waals surface area (Å²) < 4.78 is 7.00. The number of rotatable bonds is 7. The van der Waals surface area contributed by atoms with Crippen LogP contribution in [-0.4, -0.2) is 34.3 Å². The molecule has 0 unspecified atom stereocenters. The van der Waals surface area contributed by atoms with E-state index in [0.717, 1.165) is 28.8 Å². The molecule has 0 saturated heterocycles. The van der Waals surface area contributed by atoms with Crippen LogP contribution < -0.4 is 5.32 Å². The Bertz CT molecular complexity index is 550. The summed E-state index contributed by atoms with van der Waals surface area (Å²) in [4.78, 5) is 16.9. The number of aromatic nitrogens is 2. The van der Waals surface area contributed by atoms with Crippen LogP contribution >= 0.6 is 23.1 Å². The van der Waals surface area contributed by atoms with Crippen molar-refractivity contribution in [1.29, 1.82) is 0 Å². The number of hydrogen-bond donors (Lipinski definition) is 1. The molecule has 0 aliphatic rings. The number of carbonyl (C=O) groups excluding carboxylic acids is 1. The highest BCUT2D eigenvalue weighted by Crippen LogP contribution is 2.26. The maximum absolute atomic E-state index is 11.4. The van der Waals surface area contributed by atoms with Gasteiger partial charge < -0.3 is 10.1 Å². The van der Waals surface area contributed by atoms with Gasteiger partial charge in [-0.15, -0.1) is 11.3 Å². The summed E-state index contributed by atoms with van der Waals surface area (Å²) in [5.74, 6) is 0.107. The number of hydrogen-bond acceptors (Lipinski definition) is 6. The fourth-order valence-electron chi connectivity index (χ4n) is 1.66. The lowest BCUT2D eigenvalue weighted by molar-refractivity contribution is -0.139. The smallest absolute Gasteiger partial charge is 0.316 e. The summed E-state index contributed by atoms with van der Waals surface area (Å²) >= 11 is 3.03. The van der Waals surface area contributed by atoms with E-state index in [9.17, 15) is 4.79 Å². The Kier molecular flexibility index (Phi) is 5.24. The van der Waals surface area contributed by atoms with E-state index in [4.69, 9.17) is 4.74 Å². The maximum atomic E-state index is 11.4. The molecule has 2 aromatic heterocycles. The SMILES string of the molecule is CCNCc1c(SCC(=O)OCC)nc2sccn12. The number of fused-ring (bicyclic) bond motifs is 1. The molecule has 0 saturated carbocycles. The third-order valence-corrected chi connectivity index (χ3v) is 4.24. The van der Waals surface area contributed by atoms with E-state index in [2.05, 4.69) is 21.6 Å². The first-order chi connectivity index (χ1) is 9.26. The van der Waals surface area contributed by atoms with Crippen molar-refractivity contribution in [2.24, 2.45) is 0 Å². The molecular formula is C12H17N3O2S2. The fourth-order valence-corrected chi connectivity index (χ4v) is 3.28. The van der Waals surface area contributed by atoms with E-state index in [1.54, 1.807) is 11.3 Å². The summed E-state index contributed by atoms with van der Waals surface area (Å²) in [5, 5.41) is 6.22. The predicted molar refractivity (Wildman–Crippen MR) is 77.8 cm³/mol. The fraction of sp³-hybridized carbons (Fsp3) is 0.500. The van der Waals surface area contributed by atoms with Gasteiger partial charge in [0.05, 0.1) is 18.1 Å². The first-order valence-corrected chi connectivity index (χ1v) is 8.06. The Morgan fingerprint density at radius 2 is 2.42 bits per heavy atom. The summed E-state index contributed by atoms with van der Waals surface area (Å²) in [6, 6.07) is 0. The van der Waals surface area contributed by atoms with Crippen LogP contribution in [0, 0.1) is 0 Å². The molecule has 19 heavy (non-hydrogen) atoms. The van der Waals surface area contributed by atoms with Crippen LogP contribution in [0.1, 0.15) is 19.5 Å². The largest absolute Gasteiger partial charge is 0.465 e. The zero-order valence-electron chi connectivity index (χ0n) is 11.0. The number of thioether (sulfide) groups is 1. The number of thiazole rings is 1. The third-order valence-electron chi connectivity index (χ3n) is 2.50. The van der Waals surface area contributed by atoms with E-state index < -0.39 is 0 Å². The molecule has 7 heteroatoms. The Hall–Kier alpha value is -1.05. The molecule has 2 heterocycles. The molecule has 0 aromatic carbocycles. The van der Waals surface area contributed by atoms with Crippen molar-refractivity contribution in [2.75, 3.05) is 18.9 Å². The third kappa shape index (κ3) is 3.49. The second-order valence-corrected chi connectivity index (χ2v) is 5.63. The minimum atomic E-state index is -0.196. The van der Waals surface area contributed by atoms with Gasteiger partial charge >= 0.3 is 5.97 Å². The van der Waals surface area contributed by atoms with Gasteiger partial charge in [0, 0.05) is 18.1 Å². The van der Waals surface area contributed by atoms with Gasteiger partial charge in [0.25, 0.3) is 0 Å². The highest BCUT2D eigenvalue weighted by molar-refractivity contribution is 7.99. The van der Waals surface area contributed by atoms with Crippen LogP contribution in [0.25, 0.3) is 4.96 Å². The quantitative estimate of drug-likeness (QED) is 0.627. The molecule has 0 aliphatic carbocycles. The topological polar surface area (TPSA) is 55.6 Å². The molecule has 0 radical (unpaired) electrons. The highest BCUT2D eigenvalue weighted by Gasteiger charge is 2.14. The number of esters is 1. The summed E-state index contributed by atoms with van der Waals surface area (Å²) in [5.41, 5.74) is 1.10. The molecular weight excluding hydrogens is 282 g/mol.